The van der Waals surface area contributed by atoms with Crippen LogP contribution in [0.3, 0.4) is 0 Å². The first-order valence-corrected chi connectivity index (χ1v) is 13.6. The van der Waals surface area contributed by atoms with Crippen molar-refractivity contribution in [1.29, 1.82) is 0 Å². The molecule has 36 heavy (non-hydrogen) atoms. The van der Waals surface area contributed by atoms with Crippen LogP contribution in [-0.2, 0) is 19.1 Å². The number of allylic oxidation sites excluding steroid dienone is 4. The van der Waals surface area contributed by atoms with Crippen LogP contribution in [0.25, 0.3) is 0 Å². The van der Waals surface area contributed by atoms with Gasteiger partial charge in [0.25, 0.3) is 0 Å². The molecule has 0 radical (unpaired) electrons. The van der Waals surface area contributed by atoms with Gasteiger partial charge in [0.2, 0.25) is 11.6 Å². The van der Waals surface area contributed by atoms with Crippen LogP contribution >= 0.6 is 11.6 Å². The molecule has 0 unspecified atom stereocenters. The number of unbranched alkanes of at least 4 members (excludes halogenated alkanes) is 2. The second kappa shape index (κ2) is 9.32. The van der Waals surface area contributed by atoms with E-state index in [1.54, 1.807) is 13.0 Å². The highest BCUT2D eigenvalue weighted by Gasteiger charge is 2.76. The summed E-state index contributed by atoms with van der Waals surface area (Å²) in [6.07, 6.45) is 5.56. The first-order chi connectivity index (χ1) is 16.8. The summed E-state index contributed by atoms with van der Waals surface area (Å²) in [5.41, 5.74) is -3.33. The molecule has 0 aromatic carbocycles. The van der Waals surface area contributed by atoms with Gasteiger partial charge in [0.15, 0.2) is 11.4 Å². The molecule has 0 aliphatic heterocycles. The molecular weight excluding hydrogens is 487 g/mol. The molecule has 6 nitrogen and oxygen atoms in total. The Morgan fingerprint density at radius 3 is 2.58 bits per heavy atom. The van der Waals surface area contributed by atoms with Gasteiger partial charge in [-0.1, -0.05) is 46.6 Å². The molecular formula is C28H38ClFO6. The predicted octanol–water partition coefficient (Wildman–Crippen LogP) is 4.59. The second-order valence-corrected chi connectivity index (χ2v) is 12.4. The third-order valence-corrected chi connectivity index (χ3v) is 11.0. The minimum atomic E-state index is -1.59. The fraction of sp³-hybridized carbons (Fsp3) is 0.750. The Labute approximate surface area is 217 Å². The van der Waals surface area contributed by atoms with E-state index in [1.807, 2.05) is 20.8 Å². The highest BCUT2D eigenvalue weighted by molar-refractivity contribution is 6.26. The van der Waals surface area contributed by atoms with Crippen molar-refractivity contribution < 1.29 is 33.7 Å². The highest BCUT2D eigenvalue weighted by Crippen LogP contribution is 2.72. The molecule has 2 N–H and O–H groups in total. The molecule has 0 aromatic rings. The van der Waals surface area contributed by atoms with E-state index >= 15 is 0 Å². The monoisotopic (exact) mass is 524 g/mol. The number of ketones is 2. The average molecular weight is 525 g/mol. The molecule has 0 amide bonds. The molecule has 8 atom stereocenters. The maximum absolute atomic E-state index is 15.0. The molecule has 0 saturated heterocycles. The molecule has 0 bridgehead atoms. The summed E-state index contributed by atoms with van der Waals surface area (Å²) >= 11 is 7.37. The van der Waals surface area contributed by atoms with Crippen LogP contribution in [0.15, 0.2) is 23.6 Å². The lowest BCUT2D eigenvalue weighted by molar-refractivity contribution is -0.203. The molecule has 0 aromatic heterocycles. The number of aliphatic hydroxyl groups is 2. The van der Waals surface area contributed by atoms with Crippen molar-refractivity contribution in [1.82, 2.24) is 0 Å². The second-order valence-electron chi connectivity index (χ2n) is 11.7. The maximum atomic E-state index is 15.0. The molecule has 3 saturated carbocycles. The minimum absolute atomic E-state index is 0.0439. The summed E-state index contributed by atoms with van der Waals surface area (Å²) in [4.78, 5) is 37.2. The van der Waals surface area contributed by atoms with Gasteiger partial charge >= 0.3 is 5.97 Å². The first-order valence-electron chi connectivity index (χ1n) is 13.2. The zero-order valence-electron chi connectivity index (χ0n) is 21.6. The van der Waals surface area contributed by atoms with Crippen molar-refractivity contribution in [2.75, 3.05) is 6.61 Å². The number of ether oxygens (including phenoxy) is 1. The van der Waals surface area contributed by atoms with E-state index in [-0.39, 0.29) is 24.7 Å². The lowest BCUT2D eigenvalue weighted by atomic mass is 9.45. The number of esters is 1. The van der Waals surface area contributed by atoms with E-state index in [4.69, 9.17) is 16.3 Å². The zero-order valence-corrected chi connectivity index (χ0v) is 22.4. The van der Waals surface area contributed by atoms with Crippen molar-refractivity contribution in [3.05, 3.63) is 23.6 Å². The van der Waals surface area contributed by atoms with Crippen LogP contribution in [-0.4, -0.2) is 50.9 Å². The fourth-order valence-corrected chi connectivity index (χ4v) is 8.86. The van der Waals surface area contributed by atoms with E-state index in [0.717, 1.165) is 12.8 Å². The SMILES string of the molecule is CCCCCC(=O)O[C@]1(C(=O)CO)[C@H](C)C[C@H]2[C@@H]3CCC4=C(F)C(=O)C=C[C@]4(C)[C@@]3(Cl)[C@@H](O)C[C@@]21C. The molecule has 200 valence electrons. The van der Waals surface area contributed by atoms with Gasteiger partial charge in [-0.2, -0.15) is 0 Å². The molecule has 4 aliphatic rings. The fourth-order valence-electron chi connectivity index (χ4n) is 8.34. The highest BCUT2D eigenvalue weighted by atomic mass is 35.5. The van der Waals surface area contributed by atoms with Crippen LogP contribution < -0.4 is 0 Å². The van der Waals surface area contributed by atoms with Gasteiger partial charge in [-0.15, -0.1) is 11.6 Å². The summed E-state index contributed by atoms with van der Waals surface area (Å²) in [6.45, 7) is 6.75. The third-order valence-electron chi connectivity index (χ3n) is 10.1. The number of hydrogen-bond donors (Lipinski definition) is 2. The number of Topliss-reactive ketones (excluding diaryl/α,β-unsaturated/α-hetero) is 1. The molecule has 3 fully saturated rings. The molecule has 8 heteroatoms. The van der Waals surface area contributed by atoms with Crippen LogP contribution in [0.5, 0.6) is 0 Å². The molecule has 0 heterocycles. The Balaban J connectivity index is 1.78. The normalized spacial score (nSPS) is 43.6. The Hall–Kier alpha value is -1.57. The Morgan fingerprint density at radius 2 is 1.94 bits per heavy atom. The largest absolute Gasteiger partial charge is 0.450 e. The van der Waals surface area contributed by atoms with Gasteiger partial charge in [0, 0.05) is 23.2 Å². The van der Waals surface area contributed by atoms with E-state index < -0.39 is 63.3 Å². The number of hydrogen-bond acceptors (Lipinski definition) is 6. The van der Waals surface area contributed by atoms with Crippen molar-refractivity contribution in [2.24, 2.45) is 28.6 Å². The van der Waals surface area contributed by atoms with Crippen molar-refractivity contribution in [2.45, 2.75) is 95.6 Å². The summed E-state index contributed by atoms with van der Waals surface area (Å²) in [5.74, 6) is -3.49. The van der Waals surface area contributed by atoms with E-state index in [9.17, 15) is 29.0 Å². The number of aliphatic hydroxyl groups excluding tert-OH is 2. The number of carbonyl (C=O) groups excluding carboxylic acids is 3. The van der Waals surface area contributed by atoms with Crippen molar-refractivity contribution in [3.63, 3.8) is 0 Å². The van der Waals surface area contributed by atoms with Crippen LogP contribution in [0.4, 0.5) is 4.39 Å². The molecule has 4 rings (SSSR count). The molecule has 0 spiro atoms. The predicted molar refractivity (Wildman–Crippen MR) is 133 cm³/mol. The van der Waals surface area contributed by atoms with Crippen LogP contribution in [0.2, 0.25) is 0 Å². The van der Waals surface area contributed by atoms with Gasteiger partial charge in [0.1, 0.15) is 6.61 Å². The van der Waals surface area contributed by atoms with Crippen LogP contribution in [0, 0.1) is 28.6 Å². The van der Waals surface area contributed by atoms with Crippen molar-refractivity contribution in [3.8, 4) is 0 Å². The summed E-state index contributed by atoms with van der Waals surface area (Å²) in [5, 5.41) is 21.7. The van der Waals surface area contributed by atoms with Crippen molar-refractivity contribution >= 4 is 29.1 Å². The Morgan fingerprint density at radius 1 is 1.25 bits per heavy atom. The Kier molecular flexibility index (Phi) is 7.11. The number of rotatable bonds is 7. The average Bonchev–Trinajstić information content (AvgIpc) is 3.04. The topological polar surface area (TPSA) is 101 Å². The van der Waals surface area contributed by atoms with Gasteiger partial charge in [-0.3, -0.25) is 14.4 Å². The minimum Gasteiger partial charge on any atom is -0.450 e. The van der Waals surface area contributed by atoms with E-state index in [1.165, 1.54) is 6.08 Å². The first kappa shape index (κ1) is 27.5. The maximum Gasteiger partial charge on any atom is 0.306 e. The lowest BCUT2D eigenvalue weighted by Gasteiger charge is -2.64. The van der Waals surface area contributed by atoms with Gasteiger partial charge in [-0.25, -0.2) is 4.39 Å². The summed E-state index contributed by atoms with van der Waals surface area (Å²) < 4.78 is 21.0. The zero-order chi connectivity index (χ0) is 26.7. The number of carbonyl (C=O) groups is 3. The number of halogens is 2. The summed E-state index contributed by atoms with van der Waals surface area (Å²) in [6, 6.07) is 0. The van der Waals surface area contributed by atoms with Crippen LogP contribution in [0.1, 0.15) is 79.1 Å². The van der Waals surface area contributed by atoms with Gasteiger partial charge in [-0.05, 0) is 55.6 Å². The summed E-state index contributed by atoms with van der Waals surface area (Å²) in [7, 11) is 0. The Bertz CT molecular complexity index is 1020. The molecule has 4 aliphatic carbocycles. The third kappa shape index (κ3) is 3.45. The van der Waals surface area contributed by atoms with Gasteiger partial charge in [0.05, 0.1) is 11.0 Å². The quantitative estimate of drug-likeness (QED) is 0.287. The van der Waals surface area contributed by atoms with E-state index in [0.29, 0.717) is 31.3 Å². The smallest absolute Gasteiger partial charge is 0.306 e. The lowest BCUT2D eigenvalue weighted by Crippen LogP contribution is -2.69. The van der Waals surface area contributed by atoms with Gasteiger partial charge < -0.3 is 14.9 Å². The standard InChI is InChI=1S/C28H38ClFO6/c1-5-6-7-8-23(35)36-28(22(34)15-31)16(2)13-19-17-9-10-18-24(30)20(32)11-12-25(18,3)27(17,29)21(33)14-26(19,28)4/h11-12,16-17,19,21,31,33H,5-10,13-15H2,1-4H3/t16-,17+,19+,21+,25+,26+,27+,28+/m1/s1. The van der Waals surface area contributed by atoms with E-state index in [2.05, 4.69) is 0 Å². The number of alkyl halides is 1. The number of fused-ring (bicyclic) bond motifs is 5.